The van der Waals surface area contributed by atoms with Gasteiger partial charge in [0.2, 0.25) is 5.91 Å². The smallest absolute Gasteiger partial charge is 0.369 e. The summed E-state index contributed by atoms with van der Waals surface area (Å²) in [5, 5.41) is 34.6. The third kappa shape index (κ3) is 6.79. The molecule has 36 heavy (non-hydrogen) atoms. The molecule has 0 atom stereocenters. The molecule has 0 bridgehead atoms. The fourth-order valence-electron chi connectivity index (χ4n) is 3.03. The Hall–Kier alpha value is -3.98. The number of benzene rings is 1. The molecule has 14 heteroatoms. The van der Waals surface area contributed by atoms with Crippen LogP contribution in [0.4, 0.5) is 5.69 Å². The molecule has 2 amide bonds. The van der Waals surface area contributed by atoms with Gasteiger partial charge in [-0.3, -0.25) is 19.7 Å². The SMILES string of the molecule is COc1c(NC(/C=C(\N)NC(=O)C2CC2)=C(/N)C(=O)NC(O)(O)O)cccc1-c1ncc(C(C)=O)s1. The number of aromatic nitrogens is 1. The van der Waals surface area contributed by atoms with Crippen LogP contribution in [0.5, 0.6) is 5.75 Å². The largest absolute Gasteiger partial charge is 0.494 e. The van der Waals surface area contributed by atoms with Crippen LogP contribution < -0.4 is 32.2 Å². The maximum absolute atomic E-state index is 12.4. The number of ether oxygens (including phenoxy) is 1. The van der Waals surface area contributed by atoms with Crippen LogP contribution in [0.15, 0.2) is 47.7 Å². The highest BCUT2D eigenvalue weighted by Gasteiger charge is 2.30. The fourth-order valence-corrected chi connectivity index (χ4v) is 3.87. The van der Waals surface area contributed by atoms with Gasteiger partial charge in [-0.2, -0.15) is 0 Å². The first-order chi connectivity index (χ1) is 16.9. The van der Waals surface area contributed by atoms with Crippen LogP contribution in [0.3, 0.4) is 0 Å². The van der Waals surface area contributed by atoms with Crippen molar-refractivity contribution in [1.82, 2.24) is 15.6 Å². The van der Waals surface area contributed by atoms with Crippen LogP contribution in [0.25, 0.3) is 10.6 Å². The number of nitrogens with zero attached hydrogens (tertiary/aromatic N) is 1. The van der Waals surface area contributed by atoms with E-state index in [0.717, 1.165) is 30.3 Å². The minimum atomic E-state index is -3.53. The monoisotopic (exact) mass is 518 g/mol. The van der Waals surface area contributed by atoms with Crippen molar-refractivity contribution in [1.29, 1.82) is 0 Å². The zero-order chi connectivity index (χ0) is 26.6. The number of hydrogen-bond acceptors (Lipinski definition) is 12. The highest BCUT2D eigenvalue weighted by atomic mass is 32.1. The van der Waals surface area contributed by atoms with E-state index < -0.39 is 17.7 Å². The molecule has 192 valence electrons. The van der Waals surface area contributed by atoms with Crippen molar-refractivity contribution in [3.63, 3.8) is 0 Å². The molecule has 1 aromatic carbocycles. The molecule has 0 unspecified atom stereocenters. The number of hydrogen-bond donors (Lipinski definition) is 8. The van der Waals surface area contributed by atoms with E-state index in [1.165, 1.54) is 25.5 Å². The number of nitrogens with two attached hydrogens (primary N) is 2. The molecule has 1 aliphatic carbocycles. The molecular weight excluding hydrogens is 492 g/mol. The molecule has 0 aliphatic heterocycles. The van der Waals surface area contributed by atoms with Crippen molar-refractivity contribution in [3.8, 4) is 16.3 Å². The van der Waals surface area contributed by atoms with Gasteiger partial charge in [-0.15, -0.1) is 11.3 Å². The average Bonchev–Trinajstić information content (AvgIpc) is 3.53. The van der Waals surface area contributed by atoms with Crippen molar-refractivity contribution in [2.45, 2.75) is 25.9 Å². The lowest BCUT2D eigenvalue weighted by Gasteiger charge is -2.19. The van der Waals surface area contributed by atoms with E-state index in [0.29, 0.717) is 21.1 Å². The average molecular weight is 519 g/mol. The number of nitrogens with one attached hydrogen (secondary N) is 3. The number of anilines is 1. The standard InChI is InChI=1S/C22H26N6O7S/c1-10(29)15-9-25-21(36-15)12-4-3-5-13(18(12)35-2)26-14(17(24)20(31)28-22(32,33)34)8-16(23)27-19(30)11-6-7-11/h3-5,8-9,11,26,32-34H,6-7,23-24H2,1-2H3,(H,27,30)(H,28,31)/b16-8+,17-14+. The summed E-state index contributed by atoms with van der Waals surface area (Å²) < 4.78 is 5.55. The fraction of sp³-hybridized carbons (Fsp3) is 0.273. The van der Waals surface area contributed by atoms with Crippen LogP contribution in [0, 0.1) is 5.92 Å². The molecule has 3 rings (SSSR count). The Balaban J connectivity index is 2.01. The Kier molecular flexibility index (Phi) is 7.94. The van der Waals surface area contributed by atoms with Gasteiger partial charge in [-0.1, -0.05) is 6.07 Å². The highest BCUT2D eigenvalue weighted by molar-refractivity contribution is 7.17. The number of thiazole rings is 1. The van der Waals surface area contributed by atoms with Gasteiger partial charge in [-0.25, -0.2) is 4.98 Å². The zero-order valence-electron chi connectivity index (χ0n) is 19.4. The quantitative estimate of drug-likeness (QED) is 0.0877. The van der Waals surface area contributed by atoms with Gasteiger partial charge >= 0.3 is 6.10 Å². The normalized spacial score (nSPS) is 14.5. The van der Waals surface area contributed by atoms with Gasteiger partial charge in [0.15, 0.2) is 11.5 Å². The lowest BCUT2D eigenvalue weighted by molar-refractivity contribution is -0.325. The van der Waals surface area contributed by atoms with Crippen LogP contribution in [-0.4, -0.2) is 51.1 Å². The highest BCUT2D eigenvalue weighted by Crippen LogP contribution is 2.39. The van der Waals surface area contributed by atoms with Gasteiger partial charge < -0.3 is 42.2 Å². The number of amides is 2. The number of carbonyl (C=O) groups is 3. The number of ketones is 1. The summed E-state index contributed by atoms with van der Waals surface area (Å²) in [6.45, 7) is 1.43. The molecule has 0 spiro atoms. The van der Waals surface area contributed by atoms with Gasteiger partial charge in [0, 0.05) is 25.1 Å². The molecule has 0 radical (unpaired) electrons. The predicted octanol–water partition coefficient (Wildman–Crippen LogP) is -0.366. The second kappa shape index (κ2) is 10.7. The lowest BCUT2D eigenvalue weighted by atomic mass is 10.1. The second-order valence-corrected chi connectivity index (χ2v) is 8.91. The second-order valence-electron chi connectivity index (χ2n) is 7.88. The van der Waals surface area contributed by atoms with E-state index in [1.807, 2.05) is 0 Å². The Morgan fingerprint density at radius 2 is 1.92 bits per heavy atom. The Morgan fingerprint density at radius 1 is 1.22 bits per heavy atom. The lowest BCUT2D eigenvalue weighted by Crippen LogP contribution is -2.50. The number of para-hydroxylation sites is 1. The van der Waals surface area contributed by atoms with E-state index in [4.69, 9.17) is 31.5 Å². The third-order valence-electron chi connectivity index (χ3n) is 4.90. The van der Waals surface area contributed by atoms with Gasteiger partial charge in [-0.05, 0) is 25.0 Å². The van der Waals surface area contributed by atoms with Crippen LogP contribution in [-0.2, 0) is 9.59 Å². The van der Waals surface area contributed by atoms with Gasteiger partial charge in [0.1, 0.15) is 16.5 Å². The van der Waals surface area contributed by atoms with E-state index in [2.05, 4.69) is 15.6 Å². The number of methoxy groups -OCH3 is 1. The zero-order valence-corrected chi connectivity index (χ0v) is 20.2. The minimum absolute atomic E-state index is 0.141. The van der Waals surface area contributed by atoms with Crippen molar-refractivity contribution >= 4 is 34.6 Å². The topological polar surface area (TPSA) is 222 Å². The minimum Gasteiger partial charge on any atom is -0.494 e. The Labute approximate surface area is 209 Å². The summed E-state index contributed by atoms with van der Waals surface area (Å²) >= 11 is 1.16. The maximum atomic E-state index is 12.4. The number of rotatable bonds is 10. The molecule has 1 aromatic heterocycles. The molecule has 0 saturated heterocycles. The van der Waals surface area contributed by atoms with Crippen molar-refractivity contribution < 1.29 is 34.4 Å². The number of aliphatic hydroxyl groups is 3. The van der Waals surface area contributed by atoms with Crippen LogP contribution in [0.2, 0.25) is 0 Å². The summed E-state index contributed by atoms with van der Waals surface area (Å²) in [6, 6.07) is 4.96. The predicted molar refractivity (Wildman–Crippen MR) is 130 cm³/mol. The molecule has 1 saturated carbocycles. The summed E-state index contributed by atoms with van der Waals surface area (Å²) in [7, 11) is 1.40. The number of Topliss-reactive ketones (excluding diaryl/α,β-unsaturated/α-hetero) is 1. The van der Waals surface area contributed by atoms with Crippen molar-refractivity contribution in [2.75, 3.05) is 12.4 Å². The molecule has 1 fully saturated rings. The van der Waals surface area contributed by atoms with Gasteiger partial charge in [0.05, 0.1) is 28.9 Å². The van der Waals surface area contributed by atoms with Crippen molar-refractivity contribution in [3.05, 3.63) is 52.6 Å². The summed E-state index contributed by atoms with van der Waals surface area (Å²) in [4.78, 5) is 40.9. The first-order valence-corrected chi connectivity index (χ1v) is 11.4. The number of carbonyl (C=O) groups excluding carboxylic acids is 3. The van der Waals surface area contributed by atoms with Crippen molar-refractivity contribution in [2.24, 2.45) is 17.4 Å². The first-order valence-electron chi connectivity index (χ1n) is 10.6. The molecule has 1 heterocycles. The first kappa shape index (κ1) is 26.6. The maximum Gasteiger partial charge on any atom is 0.369 e. The summed E-state index contributed by atoms with van der Waals surface area (Å²) in [5.74, 6) is -1.71. The van der Waals surface area contributed by atoms with E-state index in [1.54, 1.807) is 18.2 Å². The Morgan fingerprint density at radius 3 is 2.47 bits per heavy atom. The molecule has 10 N–H and O–H groups in total. The van der Waals surface area contributed by atoms with Gasteiger partial charge in [0.25, 0.3) is 5.91 Å². The number of allylic oxidation sites excluding steroid dienone is 1. The third-order valence-corrected chi connectivity index (χ3v) is 6.03. The van der Waals surface area contributed by atoms with Crippen LogP contribution in [0.1, 0.15) is 29.4 Å². The van der Waals surface area contributed by atoms with Crippen LogP contribution >= 0.6 is 11.3 Å². The molecular formula is C22H26N6O7S. The summed E-state index contributed by atoms with van der Waals surface area (Å²) in [5.41, 5.74) is 11.9. The van der Waals surface area contributed by atoms with E-state index >= 15 is 0 Å². The Bertz CT molecular complexity index is 1240. The van der Waals surface area contributed by atoms with E-state index in [9.17, 15) is 14.4 Å². The molecule has 13 nitrogen and oxygen atoms in total. The summed E-state index contributed by atoms with van der Waals surface area (Å²) in [6.07, 6.45) is 0.558. The molecule has 2 aromatic rings. The molecule has 1 aliphatic rings. The van der Waals surface area contributed by atoms with E-state index in [-0.39, 0.29) is 34.9 Å².